The number of aryl methyl sites for hydroxylation is 1. The van der Waals surface area contributed by atoms with Crippen LogP contribution in [-0.4, -0.2) is 39.9 Å². The lowest BCUT2D eigenvalue weighted by molar-refractivity contribution is -0.135. The quantitative estimate of drug-likeness (QED) is 0.750. The lowest BCUT2D eigenvalue weighted by Crippen LogP contribution is -2.51. The molecule has 2 aliphatic heterocycles. The third-order valence-corrected chi connectivity index (χ3v) is 6.62. The van der Waals surface area contributed by atoms with Gasteiger partial charge in [-0.25, -0.2) is 0 Å². The topological polar surface area (TPSA) is 72.9 Å². The van der Waals surface area contributed by atoms with Crippen LogP contribution < -0.4 is 5.48 Å². The zero-order valence-corrected chi connectivity index (χ0v) is 17.5. The molecule has 3 aliphatic rings. The van der Waals surface area contributed by atoms with Crippen molar-refractivity contribution >= 4 is 11.8 Å². The smallest absolute Gasteiger partial charge is 0.256 e. The first kappa shape index (κ1) is 19.6. The summed E-state index contributed by atoms with van der Waals surface area (Å²) in [5.41, 5.74) is 6.67. The van der Waals surface area contributed by atoms with Crippen molar-refractivity contribution in [2.45, 2.75) is 31.8 Å². The first-order chi connectivity index (χ1) is 15.1. The van der Waals surface area contributed by atoms with E-state index in [1.54, 1.807) is 0 Å². The summed E-state index contributed by atoms with van der Waals surface area (Å²) in [6, 6.07) is 15.8. The summed E-state index contributed by atoms with van der Waals surface area (Å²) >= 11 is 0. The number of carbonyl (C=O) groups excluding carboxylic acids is 2. The minimum Gasteiger partial charge on any atom is -0.309 e. The third kappa shape index (κ3) is 2.90. The van der Waals surface area contributed by atoms with Crippen molar-refractivity contribution in [1.29, 1.82) is 0 Å². The van der Waals surface area contributed by atoms with Crippen molar-refractivity contribution in [3.8, 4) is 0 Å². The van der Waals surface area contributed by atoms with Crippen molar-refractivity contribution in [3.05, 3.63) is 94.2 Å². The highest BCUT2D eigenvalue weighted by Crippen LogP contribution is 2.50. The Morgan fingerprint density at radius 3 is 2.55 bits per heavy atom. The third-order valence-electron chi connectivity index (χ3n) is 6.62. The summed E-state index contributed by atoms with van der Waals surface area (Å²) < 4.78 is 0. The number of hydroxylamine groups is 1. The minimum absolute atomic E-state index is 0.00707. The summed E-state index contributed by atoms with van der Waals surface area (Å²) in [5.74, 6) is -0.0161. The highest BCUT2D eigenvalue weighted by molar-refractivity contribution is 6.02. The van der Waals surface area contributed by atoms with Crippen molar-refractivity contribution in [2.24, 2.45) is 0 Å². The van der Waals surface area contributed by atoms with Gasteiger partial charge in [-0.3, -0.25) is 20.3 Å². The Labute approximate surface area is 181 Å². The maximum atomic E-state index is 13.6. The number of nitrogens with zero attached hydrogens (tertiary/aromatic N) is 2. The molecule has 0 bridgehead atoms. The molecule has 1 fully saturated rings. The molecule has 1 saturated heterocycles. The molecular formula is C25H25N3O3. The predicted octanol–water partition coefficient (Wildman–Crippen LogP) is 3.47. The van der Waals surface area contributed by atoms with Crippen molar-refractivity contribution < 1.29 is 14.8 Å². The van der Waals surface area contributed by atoms with Gasteiger partial charge >= 0.3 is 0 Å². The number of nitrogens with one attached hydrogen (secondary N) is 1. The molecule has 0 radical (unpaired) electrons. The average Bonchev–Trinajstić information content (AvgIpc) is 3.31. The van der Waals surface area contributed by atoms with Crippen LogP contribution in [0.25, 0.3) is 0 Å². The molecule has 1 unspecified atom stereocenters. The zero-order valence-electron chi connectivity index (χ0n) is 17.5. The fourth-order valence-corrected chi connectivity index (χ4v) is 5.10. The van der Waals surface area contributed by atoms with Gasteiger partial charge in [0.2, 0.25) is 5.91 Å². The van der Waals surface area contributed by atoms with Gasteiger partial charge in [0.1, 0.15) is 0 Å². The largest absolute Gasteiger partial charge is 0.309 e. The van der Waals surface area contributed by atoms with Gasteiger partial charge in [0.05, 0.1) is 0 Å². The summed E-state index contributed by atoms with van der Waals surface area (Å²) in [6.45, 7) is 3.03. The fraction of sp³-hybridized carbons (Fsp3) is 0.280. The van der Waals surface area contributed by atoms with Crippen LogP contribution in [0.2, 0.25) is 0 Å². The molecule has 0 spiro atoms. The molecule has 6 heteroatoms. The van der Waals surface area contributed by atoms with E-state index in [2.05, 4.69) is 5.48 Å². The number of carbonyl (C=O) groups is 2. The molecule has 31 heavy (non-hydrogen) atoms. The van der Waals surface area contributed by atoms with Crippen LogP contribution in [0.1, 0.15) is 46.3 Å². The average molecular weight is 415 g/mol. The second-order valence-electron chi connectivity index (χ2n) is 8.39. The van der Waals surface area contributed by atoms with E-state index < -0.39 is 5.66 Å². The minimum atomic E-state index is -0.901. The monoisotopic (exact) mass is 415 g/mol. The highest BCUT2D eigenvalue weighted by atomic mass is 16.5. The van der Waals surface area contributed by atoms with Gasteiger partial charge in [-0.15, -0.1) is 0 Å². The molecule has 6 nitrogen and oxygen atoms in total. The Kier molecular flexibility index (Phi) is 4.67. The molecule has 0 aromatic heterocycles. The second-order valence-corrected chi connectivity index (χ2v) is 8.39. The number of amides is 2. The number of hydrogen-bond donors (Lipinski definition) is 2. The van der Waals surface area contributed by atoms with Crippen molar-refractivity contribution in [1.82, 2.24) is 15.3 Å². The first-order valence-corrected chi connectivity index (χ1v) is 10.6. The Hall–Kier alpha value is -3.38. The molecule has 5 rings (SSSR count). The Balaban J connectivity index is 1.59. The summed E-state index contributed by atoms with van der Waals surface area (Å²) in [5, 5.41) is 9.07. The van der Waals surface area contributed by atoms with E-state index in [1.165, 1.54) is 0 Å². The molecule has 0 saturated carbocycles. The summed E-state index contributed by atoms with van der Waals surface area (Å²) in [4.78, 5) is 30.7. The maximum Gasteiger partial charge on any atom is 0.256 e. The Morgan fingerprint density at radius 2 is 1.84 bits per heavy atom. The normalized spacial score (nSPS) is 22.1. The number of rotatable bonds is 4. The number of benzene rings is 2. The zero-order chi connectivity index (χ0) is 21.6. The second kappa shape index (κ2) is 7.39. The van der Waals surface area contributed by atoms with E-state index in [-0.39, 0.29) is 11.8 Å². The Bertz CT molecular complexity index is 1120. The van der Waals surface area contributed by atoms with Gasteiger partial charge < -0.3 is 9.80 Å². The summed E-state index contributed by atoms with van der Waals surface area (Å²) in [7, 11) is 0. The molecule has 2 amide bonds. The molecule has 158 valence electrons. The SMILES string of the molecule is Cc1ccc(C23c4ccccc4C(=O)N2CCN3C(=O)CC2=CC=C(NO)CC2)cc1. The lowest BCUT2D eigenvalue weighted by Gasteiger charge is -2.40. The van der Waals surface area contributed by atoms with Crippen LogP contribution in [0.3, 0.4) is 0 Å². The van der Waals surface area contributed by atoms with Crippen LogP contribution in [0.4, 0.5) is 0 Å². The van der Waals surface area contributed by atoms with E-state index in [4.69, 9.17) is 5.21 Å². The molecule has 2 heterocycles. The van der Waals surface area contributed by atoms with Crippen LogP contribution in [-0.2, 0) is 10.5 Å². The lowest BCUT2D eigenvalue weighted by atomic mass is 9.88. The van der Waals surface area contributed by atoms with Crippen LogP contribution >= 0.6 is 0 Å². The van der Waals surface area contributed by atoms with Gasteiger partial charge in [-0.05, 0) is 31.9 Å². The molecule has 2 aromatic carbocycles. The molecular weight excluding hydrogens is 390 g/mol. The van der Waals surface area contributed by atoms with Crippen LogP contribution in [0.5, 0.6) is 0 Å². The number of fused-ring (bicyclic) bond motifs is 3. The first-order valence-electron chi connectivity index (χ1n) is 10.6. The maximum absolute atomic E-state index is 13.6. The van der Waals surface area contributed by atoms with Crippen molar-refractivity contribution in [3.63, 3.8) is 0 Å². The van der Waals surface area contributed by atoms with Gasteiger partial charge in [0.25, 0.3) is 5.91 Å². The summed E-state index contributed by atoms with van der Waals surface area (Å²) in [6.07, 6.45) is 5.40. The van der Waals surface area contributed by atoms with Gasteiger partial charge in [-0.2, -0.15) is 0 Å². The number of allylic oxidation sites excluding steroid dienone is 3. The molecule has 1 atom stereocenters. The molecule has 2 aromatic rings. The van der Waals surface area contributed by atoms with E-state index in [1.807, 2.05) is 77.4 Å². The van der Waals surface area contributed by atoms with Gasteiger partial charge in [0, 0.05) is 41.9 Å². The number of hydrogen-bond acceptors (Lipinski definition) is 4. The van der Waals surface area contributed by atoms with E-state index >= 15 is 0 Å². The van der Waals surface area contributed by atoms with Crippen LogP contribution in [0.15, 0.2) is 72.0 Å². The van der Waals surface area contributed by atoms with E-state index in [0.717, 1.165) is 34.4 Å². The Morgan fingerprint density at radius 1 is 1.06 bits per heavy atom. The fourth-order valence-electron chi connectivity index (χ4n) is 5.10. The van der Waals surface area contributed by atoms with E-state index in [0.29, 0.717) is 31.5 Å². The van der Waals surface area contributed by atoms with Gasteiger partial charge in [-0.1, -0.05) is 59.7 Å². The predicted molar refractivity (Wildman–Crippen MR) is 116 cm³/mol. The van der Waals surface area contributed by atoms with Gasteiger partial charge in [0.15, 0.2) is 5.66 Å². The van der Waals surface area contributed by atoms with Crippen molar-refractivity contribution in [2.75, 3.05) is 13.1 Å². The molecule has 2 N–H and O–H groups in total. The van der Waals surface area contributed by atoms with Crippen LogP contribution in [0, 0.1) is 6.92 Å². The standard InChI is InChI=1S/C25H25N3O3/c1-17-6-10-19(11-7-17)25-22-5-3-2-4-21(22)24(30)28(25)15-14-27(25)23(29)16-18-8-12-20(26-31)13-9-18/h2-8,10-12,26,31H,9,13-16H2,1H3. The highest BCUT2D eigenvalue weighted by Gasteiger charge is 2.59. The van der Waals surface area contributed by atoms with E-state index in [9.17, 15) is 9.59 Å². The molecule has 1 aliphatic carbocycles.